The molecule has 0 amide bonds. The molecule has 2 rings (SSSR count). The summed E-state index contributed by atoms with van der Waals surface area (Å²) in [5.41, 5.74) is 0.187. The second-order valence-electron chi connectivity index (χ2n) is 3.58. The fourth-order valence-corrected chi connectivity index (χ4v) is 1.62. The lowest BCUT2D eigenvalue weighted by Gasteiger charge is -2.33. The molecule has 1 atom stereocenters. The van der Waals surface area contributed by atoms with Gasteiger partial charge in [0.05, 0.1) is 13.2 Å². The second kappa shape index (κ2) is 4.10. The maximum absolute atomic E-state index is 10.5. The Bertz CT molecular complexity index is 341. The molecule has 0 radical (unpaired) electrons. The molecular weight excluding hydrogens is 194 g/mol. The topological polar surface area (TPSA) is 58.6 Å². The lowest BCUT2D eigenvalue weighted by Crippen LogP contribution is -2.51. The van der Waals surface area contributed by atoms with Crippen LogP contribution < -0.4 is 5.32 Å². The van der Waals surface area contributed by atoms with E-state index < -0.39 is 5.72 Å². The van der Waals surface area contributed by atoms with Crippen molar-refractivity contribution in [2.24, 2.45) is 0 Å². The number of hydrogen-bond acceptors (Lipinski definition) is 4. The van der Waals surface area contributed by atoms with Crippen LogP contribution in [0.15, 0.2) is 24.3 Å². The molecule has 1 aromatic carbocycles. The minimum Gasteiger partial charge on any atom is -0.375 e. The molecular formula is C11H13NO3. The number of rotatable bonds is 2. The molecule has 0 aromatic heterocycles. The van der Waals surface area contributed by atoms with E-state index in [4.69, 9.17) is 4.74 Å². The van der Waals surface area contributed by atoms with E-state index in [0.29, 0.717) is 24.3 Å². The Morgan fingerprint density at radius 3 is 2.67 bits per heavy atom. The fraction of sp³-hybridized carbons (Fsp3) is 0.364. The zero-order chi connectivity index (χ0) is 10.7. The van der Waals surface area contributed by atoms with Gasteiger partial charge in [-0.25, -0.2) is 0 Å². The van der Waals surface area contributed by atoms with Crippen molar-refractivity contribution in [2.45, 2.75) is 5.72 Å². The first-order valence-corrected chi connectivity index (χ1v) is 4.85. The second-order valence-corrected chi connectivity index (χ2v) is 3.58. The number of carbonyl (C=O) groups excluding carboxylic acids is 1. The van der Waals surface area contributed by atoms with Crippen LogP contribution in [0.4, 0.5) is 0 Å². The maximum Gasteiger partial charge on any atom is 0.165 e. The van der Waals surface area contributed by atoms with E-state index in [0.717, 1.165) is 6.29 Å². The molecule has 0 unspecified atom stereocenters. The van der Waals surface area contributed by atoms with E-state index in [-0.39, 0.29) is 6.61 Å². The Labute approximate surface area is 87.9 Å². The first-order chi connectivity index (χ1) is 7.24. The highest BCUT2D eigenvalue weighted by Crippen LogP contribution is 2.20. The molecule has 0 aliphatic carbocycles. The normalized spacial score (nSPS) is 26.2. The molecule has 1 heterocycles. The summed E-state index contributed by atoms with van der Waals surface area (Å²) in [4.78, 5) is 10.5. The van der Waals surface area contributed by atoms with Gasteiger partial charge in [-0.3, -0.25) is 10.1 Å². The van der Waals surface area contributed by atoms with Crippen LogP contribution in [0, 0.1) is 0 Å². The van der Waals surface area contributed by atoms with Crippen molar-refractivity contribution in [3.8, 4) is 0 Å². The summed E-state index contributed by atoms with van der Waals surface area (Å²) in [7, 11) is 0. The molecule has 4 heteroatoms. The predicted octanol–water partition coefficient (Wildman–Crippen LogP) is 0.264. The van der Waals surface area contributed by atoms with E-state index in [9.17, 15) is 9.90 Å². The third-order valence-electron chi connectivity index (χ3n) is 2.50. The Morgan fingerprint density at radius 1 is 1.40 bits per heavy atom. The average Bonchev–Trinajstić information content (AvgIpc) is 2.30. The van der Waals surface area contributed by atoms with E-state index in [1.807, 2.05) is 0 Å². The largest absolute Gasteiger partial charge is 0.375 e. The summed E-state index contributed by atoms with van der Waals surface area (Å²) in [6, 6.07) is 6.81. The number of ether oxygens (including phenoxy) is 1. The lowest BCUT2D eigenvalue weighted by atomic mass is 10.0. The monoisotopic (exact) mass is 207 g/mol. The van der Waals surface area contributed by atoms with Gasteiger partial charge in [-0.2, -0.15) is 0 Å². The van der Waals surface area contributed by atoms with Crippen LogP contribution in [0.5, 0.6) is 0 Å². The fourth-order valence-electron chi connectivity index (χ4n) is 1.62. The summed E-state index contributed by atoms with van der Waals surface area (Å²) in [6.45, 7) is 1.45. The number of benzene rings is 1. The number of aliphatic hydroxyl groups is 1. The summed E-state index contributed by atoms with van der Waals surface area (Å²) < 4.78 is 5.21. The summed E-state index contributed by atoms with van der Waals surface area (Å²) >= 11 is 0. The Kier molecular flexibility index (Phi) is 2.81. The van der Waals surface area contributed by atoms with Gasteiger partial charge >= 0.3 is 0 Å². The van der Waals surface area contributed by atoms with Gasteiger partial charge in [0.2, 0.25) is 0 Å². The van der Waals surface area contributed by atoms with Gasteiger partial charge in [-0.15, -0.1) is 0 Å². The van der Waals surface area contributed by atoms with Crippen LogP contribution in [-0.2, 0) is 10.5 Å². The highest BCUT2D eigenvalue weighted by molar-refractivity contribution is 5.74. The zero-order valence-electron chi connectivity index (χ0n) is 8.27. The molecule has 1 saturated heterocycles. The Balaban J connectivity index is 2.23. The van der Waals surface area contributed by atoms with Crippen LogP contribution in [0.3, 0.4) is 0 Å². The first-order valence-electron chi connectivity index (χ1n) is 4.85. The minimum absolute atomic E-state index is 0.230. The van der Waals surface area contributed by atoms with Crippen molar-refractivity contribution >= 4 is 6.29 Å². The number of morpholine rings is 1. The lowest BCUT2D eigenvalue weighted by molar-refractivity contribution is -0.106. The molecule has 0 bridgehead atoms. The van der Waals surface area contributed by atoms with E-state index in [1.165, 1.54) is 0 Å². The standard InChI is InChI=1S/C11H13NO3/c13-7-9-1-3-10(4-2-9)11(14)8-15-6-5-12-11/h1-4,7,12,14H,5-6,8H2/t11-/m0/s1. The quantitative estimate of drug-likeness (QED) is 0.683. The number of carbonyl (C=O) groups is 1. The Hall–Kier alpha value is -1.23. The van der Waals surface area contributed by atoms with Crippen molar-refractivity contribution < 1.29 is 14.6 Å². The van der Waals surface area contributed by atoms with Gasteiger partial charge in [0, 0.05) is 17.7 Å². The van der Waals surface area contributed by atoms with Crippen molar-refractivity contribution in [1.82, 2.24) is 5.32 Å². The molecule has 2 N–H and O–H groups in total. The average molecular weight is 207 g/mol. The van der Waals surface area contributed by atoms with Gasteiger partial charge in [0.1, 0.15) is 6.29 Å². The van der Waals surface area contributed by atoms with Crippen LogP contribution >= 0.6 is 0 Å². The molecule has 1 fully saturated rings. The Morgan fingerprint density at radius 2 is 2.13 bits per heavy atom. The van der Waals surface area contributed by atoms with Gasteiger partial charge in [-0.1, -0.05) is 24.3 Å². The third-order valence-corrected chi connectivity index (χ3v) is 2.50. The predicted molar refractivity (Wildman–Crippen MR) is 54.5 cm³/mol. The minimum atomic E-state index is -1.13. The van der Waals surface area contributed by atoms with Crippen molar-refractivity contribution in [2.75, 3.05) is 19.8 Å². The van der Waals surface area contributed by atoms with Crippen LogP contribution in [0.1, 0.15) is 15.9 Å². The van der Waals surface area contributed by atoms with E-state index >= 15 is 0 Å². The SMILES string of the molecule is O=Cc1ccc([C@@]2(O)COCCN2)cc1. The molecule has 80 valence electrons. The molecule has 4 nitrogen and oxygen atoms in total. The number of hydrogen-bond donors (Lipinski definition) is 2. The summed E-state index contributed by atoms with van der Waals surface area (Å²) in [6.07, 6.45) is 0.776. The van der Waals surface area contributed by atoms with Crippen molar-refractivity contribution in [1.29, 1.82) is 0 Å². The van der Waals surface area contributed by atoms with Gasteiger partial charge in [0.15, 0.2) is 5.72 Å². The van der Waals surface area contributed by atoms with Gasteiger partial charge in [0.25, 0.3) is 0 Å². The number of nitrogens with one attached hydrogen (secondary N) is 1. The van der Waals surface area contributed by atoms with Gasteiger partial charge < -0.3 is 9.84 Å². The molecule has 0 spiro atoms. The summed E-state index contributed by atoms with van der Waals surface area (Å²) in [5.74, 6) is 0. The highest BCUT2D eigenvalue weighted by atomic mass is 16.5. The van der Waals surface area contributed by atoms with Gasteiger partial charge in [-0.05, 0) is 0 Å². The highest BCUT2D eigenvalue weighted by Gasteiger charge is 2.31. The first kappa shape index (κ1) is 10.3. The van der Waals surface area contributed by atoms with E-state index in [1.54, 1.807) is 24.3 Å². The van der Waals surface area contributed by atoms with Crippen LogP contribution in [0.25, 0.3) is 0 Å². The molecule has 1 aromatic rings. The maximum atomic E-state index is 10.5. The van der Waals surface area contributed by atoms with E-state index in [2.05, 4.69) is 5.32 Å². The van der Waals surface area contributed by atoms with Crippen molar-refractivity contribution in [3.05, 3.63) is 35.4 Å². The molecule has 1 aliphatic rings. The molecule has 0 saturated carbocycles. The molecule has 15 heavy (non-hydrogen) atoms. The van der Waals surface area contributed by atoms with Crippen molar-refractivity contribution in [3.63, 3.8) is 0 Å². The van der Waals surface area contributed by atoms with Crippen LogP contribution in [-0.4, -0.2) is 31.2 Å². The third kappa shape index (κ3) is 2.07. The summed E-state index contributed by atoms with van der Waals surface area (Å²) in [5, 5.41) is 13.2. The molecule has 1 aliphatic heterocycles. The smallest absolute Gasteiger partial charge is 0.165 e. The number of aldehydes is 1. The zero-order valence-corrected chi connectivity index (χ0v) is 8.27. The van der Waals surface area contributed by atoms with Crippen LogP contribution in [0.2, 0.25) is 0 Å².